The molecular formula is C20H29N3O. The van der Waals surface area contributed by atoms with Gasteiger partial charge >= 0.3 is 0 Å². The fraction of sp³-hybridized carbons (Fsp3) is 0.700. The molecule has 130 valence electrons. The Morgan fingerprint density at radius 3 is 2.83 bits per heavy atom. The Kier molecular flexibility index (Phi) is 4.57. The molecule has 24 heavy (non-hydrogen) atoms. The van der Waals surface area contributed by atoms with E-state index in [1.165, 1.54) is 36.2 Å². The number of pyridine rings is 1. The van der Waals surface area contributed by atoms with E-state index in [-0.39, 0.29) is 5.41 Å². The van der Waals surface area contributed by atoms with Gasteiger partial charge in [0.1, 0.15) is 0 Å². The first-order valence-electron chi connectivity index (χ1n) is 9.75. The Bertz CT molecular complexity index is 607. The van der Waals surface area contributed by atoms with Gasteiger partial charge in [-0.05, 0) is 82.5 Å². The quantitative estimate of drug-likeness (QED) is 0.924. The molecule has 0 aromatic carbocycles. The lowest BCUT2D eigenvalue weighted by Gasteiger charge is -2.32. The van der Waals surface area contributed by atoms with Crippen LogP contribution in [0.2, 0.25) is 0 Å². The molecule has 0 bridgehead atoms. The lowest BCUT2D eigenvalue weighted by Crippen LogP contribution is -2.42. The van der Waals surface area contributed by atoms with Crippen molar-refractivity contribution in [2.75, 3.05) is 26.2 Å². The topological polar surface area (TPSA) is 45.2 Å². The van der Waals surface area contributed by atoms with Gasteiger partial charge < -0.3 is 10.2 Å². The predicted octanol–water partition coefficient (Wildman–Crippen LogP) is 2.50. The molecule has 1 N–H and O–H groups in total. The highest BCUT2D eigenvalue weighted by Crippen LogP contribution is 2.39. The molecule has 3 aliphatic rings. The van der Waals surface area contributed by atoms with Crippen LogP contribution in [-0.2, 0) is 24.1 Å². The smallest absolute Gasteiger partial charge is 0.228 e. The maximum atomic E-state index is 12.8. The van der Waals surface area contributed by atoms with Crippen LogP contribution >= 0.6 is 0 Å². The summed E-state index contributed by atoms with van der Waals surface area (Å²) in [4.78, 5) is 19.8. The monoisotopic (exact) mass is 327 g/mol. The van der Waals surface area contributed by atoms with Gasteiger partial charge in [-0.2, -0.15) is 0 Å². The van der Waals surface area contributed by atoms with Crippen LogP contribution in [0.3, 0.4) is 0 Å². The Hall–Kier alpha value is -1.42. The zero-order valence-electron chi connectivity index (χ0n) is 14.6. The summed E-state index contributed by atoms with van der Waals surface area (Å²) in [7, 11) is 0. The lowest BCUT2D eigenvalue weighted by molar-refractivity contribution is -0.137. The van der Waals surface area contributed by atoms with Crippen LogP contribution in [0.4, 0.5) is 0 Å². The van der Waals surface area contributed by atoms with Crippen molar-refractivity contribution in [1.29, 1.82) is 0 Å². The Morgan fingerprint density at radius 1 is 1.12 bits per heavy atom. The molecule has 0 saturated carbocycles. The molecule has 4 rings (SSSR count). The summed E-state index contributed by atoms with van der Waals surface area (Å²) in [6.45, 7) is 3.85. The minimum atomic E-state index is -0.0324. The zero-order chi connectivity index (χ0) is 16.4. The Labute approximate surface area is 145 Å². The molecule has 2 fully saturated rings. The summed E-state index contributed by atoms with van der Waals surface area (Å²) >= 11 is 0. The van der Waals surface area contributed by atoms with Crippen molar-refractivity contribution in [1.82, 2.24) is 15.2 Å². The number of carbonyl (C=O) groups is 1. The SMILES string of the molecule is O=C1N(CCCc2ccc3c(n2)CCCC3)CCC12CCNCC2. The number of nitrogens with zero attached hydrogens (tertiary/aromatic N) is 2. The van der Waals surface area contributed by atoms with Crippen molar-refractivity contribution in [3.05, 3.63) is 29.1 Å². The summed E-state index contributed by atoms with van der Waals surface area (Å²) in [5, 5.41) is 3.38. The van der Waals surface area contributed by atoms with Crippen molar-refractivity contribution in [3.8, 4) is 0 Å². The summed E-state index contributed by atoms with van der Waals surface area (Å²) < 4.78 is 0. The third-order valence-corrected chi connectivity index (χ3v) is 6.26. The largest absolute Gasteiger partial charge is 0.342 e. The van der Waals surface area contributed by atoms with Crippen molar-refractivity contribution in [3.63, 3.8) is 0 Å². The molecule has 1 amide bonds. The van der Waals surface area contributed by atoms with E-state index in [9.17, 15) is 4.79 Å². The summed E-state index contributed by atoms with van der Waals surface area (Å²) in [6.07, 6.45) is 10.1. The number of piperidine rings is 1. The highest BCUT2D eigenvalue weighted by atomic mass is 16.2. The van der Waals surface area contributed by atoms with E-state index in [1.807, 2.05) is 0 Å². The van der Waals surface area contributed by atoms with Crippen LogP contribution < -0.4 is 5.32 Å². The highest BCUT2D eigenvalue weighted by molar-refractivity contribution is 5.85. The van der Waals surface area contributed by atoms with Gasteiger partial charge in [0, 0.05) is 24.5 Å². The molecule has 2 saturated heterocycles. The van der Waals surface area contributed by atoms with E-state index in [1.54, 1.807) is 0 Å². The van der Waals surface area contributed by atoms with E-state index in [0.29, 0.717) is 5.91 Å². The summed E-state index contributed by atoms with van der Waals surface area (Å²) in [5.74, 6) is 0.419. The average molecular weight is 327 g/mol. The van der Waals surface area contributed by atoms with Gasteiger partial charge in [-0.3, -0.25) is 9.78 Å². The van der Waals surface area contributed by atoms with Gasteiger partial charge in [0.25, 0.3) is 0 Å². The van der Waals surface area contributed by atoms with E-state index in [2.05, 4.69) is 22.3 Å². The van der Waals surface area contributed by atoms with Crippen molar-refractivity contribution in [2.24, 2.45) is 5.41 Å². The van der Waals surface area contributed by atoms with Crippen LogP contribution in [0.15, 0.2) is 12.1 Å². The first kappa shape index (κ1) is 16.1. The van der Waals surface area contributed by atoms with Gasteiger partial charge in [-0.25, -0.2) is 0 Å². The lowest BCUT2D eigenvalue weighted by atomic mass is 9.78. The van der Waals surface area contributed by atoms with Crippen LogP contribution in [0.25, 0.3) is 0 Å². The second kappa shape index (κ2) is 6.83. The maximum absolute atomic E-state index is 12.8. The number of aryl methyl sites for hydroxylation is 3. The predicted molar refractivity (Wildman–Crippen MR) is 94.9 cm³/mol. The molecule has 0 atom stereocenters. The number of aromatic nitrogens is 1. The Morgan fingerprint density at radius 2 is 1.96 bits per heavy atom. The molecular weight excluding hydrogens is 298 g/mol. The minimum absolute atomic E-state index is 0.0324. The molecule has 3 heterocycles. The van der Waals surface area contributed by atoms with E-state index in [0.717, 1.165) is 64.7 Å². The number of hydrogen-bond donors (Lipinski definition) is 1. The van der Waals surface area contributed by atoms with Gasteiger partial charge in [0.15, 0.2) is 0 Å². The number of amides is 1. The normalized spacial score (nSPS) is 22.8. The van der Waals surface area contributed by atoms with Gasteiger partial charge in [0.2, 0.25) is 5.91 Å². The van der Waals surface area contributed by atoms with Gasteiger partial charge in [0.05, 0.1) is 5.41 Å². The number of nitrogens with one attached hydrogen (secondary N) is 1. The van der Waals surface area contributed by atoms with Crippen molar-refractivity contribution < 1.29 is 4.79 Å². The number of carbonyl (C=O) groups excluding carboxylic acids is 1. The van der Waals surface area contributed by atoms with Crippen LogP contribution in [-0.4, -0.2) is 42.0 Å². The van der Waals surface area contributed by atoms with Crippen molar-refractivity contribution >= 4 is 5.91 Å². The standard InChI is InChI=1S/C20H29N3O/c24-19-20(9-12-21-13-10-20)11-15-23(19)14-3-5-17-8-7-16-4-1-2-6-18(16)22-17/h7-8,21H,1-6,9-15H2. The molecule has 1 aliphatic carbocycles. The molecule has 4 nitrogen and oxygen atoms in total. The second-order valence-electron chi connectivity index (χ2n) is 7.79. The van der Waals surface area contributed by atoms with Crippen LogP contribution in [0, 0.1) is 5.41 Å². The third-order valence-electron chi connectivity index (χ3n) is 6.26. The van der Waals surface area contributed by atoms with E-state index in [4.69, 9.17) is 4.98 Å². The number of rotatable bonds is 4. The first-order chi connectivity index (χ1) is 11.8. The number of likely N-dealkylation sites (tertiary alicyclic amines) is 1. The minimum Gasteiger partial charge on any atom is -0.342 e. The molecule has 2 aliphatic heterocycles. The van der Waals surface area contributed by atoms with Gasteiger partial charge in [-0.15, -0.1) is 0 Å². The highest BCUT2D eigenvalue weighted by Gasteiger charge is 2.46. The summed E-state index contributed by atoms with van der Waals surface area (Å²) in [5.41, 5.74) is 3.95. The number of fused-ring (bicyclic) bond motifs is 1. The van der Waals surface area contributed by atoms with E-state index < -0.39 is 0 Å². The summed E-state index contributed by atoms with van der Waals surface area (Å²) in [6, 6.07) is 4.48. The molecule has 0 unspecified atom stereocenters. The molecule has 4 heteroatoms. The first-order valence-corrected chi connectivity index (χ1v) is 9.75. The second-order valence-corrected chi connectivity index (χ2v) is 7.79. The number of hydrogen-bond acceptors (Lipinski definition) is 3. The van der Waals surface area contributed by atoms with E-state index >= 15 is 0 Å². The fourth-order valence-electron chi connectivity index (χ4n) is 4.69. The molecule has 1 aromatic heterocycles. The fourth-order valence-corrected chi connectivity index (χ4v) is 4.69. The molecule has 0 radical (unpaired) electrons. The molecule has 1 aromatic rings. The maximum Gasteiger partial charge on any atom is 0.228 e. The average Bonchev–Trinajstić information content (AvgIpc) is 2.92. The molecule has 1 spiro atoms. The van der Waals surface area contributed by atoms with Gasteiger partial charge in [-0.1, -0.05) is 6.07 Å². The van der Waals surface area contributed by atoms with Crippen LogP contribution in [0.1, 0.15) is 55.5 Å². The van der Waals surface area contributed by atoms with Crippen LogP contribution in [0.5, 0.6) is 0 Å². The Balaban J connectivity index is 1.31. The third kappa shape index (κ3) is 3.08. The van der Waals surface area contributed by atoms with Crippen molar-refractivity contribution in [2.45, 2.75) is 57.8 Å². The zero-order valence-corrected chi connectivity index (χ0v) is 14.6.